The average molecular weight is 291 g/mol. The Balaban J connectivity index is 2.30. The molecule has 0 spiro atoms. The first-order chi connectivity index (χ1) is 9.93. The van der Waals surface area contributed by atoms with E-state index in [9.17, 15) is 5.11 Å². The Bertz CT molecular complexity index is 540. The molecular weight excluding hydrogens is 266 g/mol. The molecule has 0 bridgehead atoms. The van der Waals surface area contributed by atoms with Gasteiger partial charge >= 0.3 is 0 Å². The molecule has 0 saturated heterocycles. The third-order valence-corrected chi connectivity index (χ3v) is 3.78. The second kappa shape index (κ2) is 6.45. The van der Waals surface area contributed by atoms with Crippen molar-refractivity contribution in [3.63, 3.8) is 0 Å². The standard InChI is InChI=1S/C16H25N3O2/c1-16(2,3)13(7-10-20)18-14(12-6-5-11-21-12)15-17-8-9-19(15)4/h5-6,8-9,11,13-14,18,20H,7,10H2,1-4H3. The zero-order chi connectivity index (χ0) is 15.5. The van der Waals surface area contributed by atoms with Gasteiger partial charge < -0.3 is 14.1 Å². The molecule has 0 aromatic carbocycles. The largest absolute Gasteiger partial charge is 0.467 e. The van der Waals surface area contributed by atoms with Crippen molar-refractivity contribution < 1.29 is 9.52 Å². The van der Waals surface area contributed by atoms with Crippen LogP contribution in [0, 0.1) is 5.41 Å². The van der Waals surface area contributed by atoms with Crippen molar-refractivity contribution in [2.45, 2.75) is 39.3 Å². The van der Waals surface area contributed by atoms with Crippen LogP contribution < -0.4 is 5.32 Å². The van der Waals surface area contributed by atoms with Crippen molar-refractivity contribution in [2.75, 3.05) is 6.61 Å². The fraction of sp³-hybridized carbons (Fsp3) is 0.562. The van der Waals surface area contributed by atoms with E-state index in [-0.39, 0.29) is 24.1 Å². The number of aliphatic hydroxyl groups excluding tert-OH is 1. The summed E-state index contributed by atoms with van der Waals surface area (Å²) in [5, 5.41) is 12.9. The number of imidazole rings is 1. The number of furan rings is 1. The fourth-order valence-corrected chi connectivity index (χ4v) is 2.49. The molecule has 2 N–H and O–H groups in total. The number of hydrogen-bond acceptors (Lipinski definition) is 4. The summed E-state index contributed by atoms with van der Waals surface area (Å²) < 4.78 is 7.57. The van der Waals surface area contributed by atoms with Crippen molar-refractivity contribution in [1.29, 1.82) is 0 Å². The fourth-order valence-electron chi connectivity index (χ4n) is 2.49. The molecule has 2 heterocycles. The number of nitrogens with one attached hydrogen (secondary N) is 1. The van der Waals surface area contributed by atoms with Crippen LogP contribution in [-0.2, 0) is 7.05 Å². The lowest BCUT2D eigenvalue weighted by Crippen LogP contribution is -2.43. The molecule has 0 amide bonds. The van der Waals surface area contributed by atoms with Gasteiger partial charge in [0, 0.05) is 32.1 Å². The van der Waals surface area contributed by atoms with Gasteiger partial charge in [0.1, 0.15) is 17.6 Å². The Kier molecular flexibility index (Phi) is 4.85. The zero-order valence-corrected chi connectivity index (χ0v) is 13.2. The molecule has 21 heavy (non-hydrogen) atoms. The zero-order valence-electron chi connectivity index (χ0n) is 13.2. The summed E-state index contributed by atoms with van der Waals surface area (Å²) in [4.78, 5) is 4.45. The Morgan fingerprint density at radius 3 is 2.67 bits per heavy atom. The molecule has 0 saturated carbocycles. The van der Waals surface area contributed by atoms with Gasteiger partial charge in [-0.25, -0.2) is 4.98 Å². The van der Waals surface area contributed by atoms with E-state index in [0.29, 0.717) is 6.42 Å². The first-order valence-corrected chi connectivity index (χ1v) is 7.31. The minimum atomic E-state index is -0.129. The van der Waals surface area contributed by atoms with Crippen LogP contribution in [0.2, 0.25) is 0 Å². The molecule has 2 aromatic rings. The van der Waals surface area contributed by atoms with Crippen molar-refractivity contribution in [3.8, 4) is 0 Å². The Labute approximate surface area is 126 Å². The predicted octanol–water partition coefficient (Wildman–Crippen LogP) is 2.49. The molecule has 5 heteroatoms. The monoisotopic (exact) mass is 291 g/mol. The summed E-state index contributed by atoms with van der Waals surface area (Å²) in [6, 6.07) is 3.85. The smallest absolute Gasteiger partial charge is 0.133 e. The van der Waals surface area contributed by atoms with E-state index in [4.69, 9.17) is 4.42 Å². The summed E-state index contributed by atoms with van der Waals surface area (Å²) in [6.45, 7) is 6.65. The van der Waals surface area contributed by atoms with Crippen molar-refractivity contribution >= 4 is 0 Å². The van der Waals surface area contributed by atoms with E-state index in [1.807, 2.05) is 29.9 Å². The minimum Gasteiger partial charge on any atom is -0.467 e. The van der Waals surface area contributed by atoms with Crippen LogP contribution in [0.15, 0.2) is 35.2 Å². The molecule has 0 aliphatic rings. The van der Waals surface area contributed by atoms with Gasteiger partial charge in [0.2, 0.25) is 0 Å². The van der Waals surface area contributed by atoms with Gasteiger partial charge in [-0.3, -0.25) is 5.32 Å². The van der Waals surface area contributed by atoms with Crippen LogP contribution in [0.3, 0.4) is 0 Å². The van der Waals surface area contributed by atoms with E-state index in [2.05, 4.69) is 31.1 Å². The molecule has 116 valence electrons. The van der Waals surface area contributed by atoms with E-state index in [1.165, 1.54) is 0 Å². The second-order valence-electron chi connectivity index (χ2n) is 6.44. The average Bonchev–Trinajstić information content (AvgIpc) is 3.05. The van der Waals surface area contributed by atoms with Crippen LogP contribution >= 0.6 is 0 Å². The van der Waals surface area contributed by atoms with Crippen molar-refractivity contribution in [3.05, 3.63) is 42.4 Å². The Hall–Kier alpha value is -1.59. The normalized spacial score (nSPS) is 15.1. The highest BCUT2D eigenvalue weighted by Crippen LogP contribution is 2.28. The van der Waals surface area contributed by atoms with Crippen molar-refractivity contribution in [2.24, 2.45) is 12.5 Å². The summed E-state index contributed by atoms with van der Waals surface area (Å²) >= 11 is 0. The van der Waals surface area contributed by atoms with Gasteiger partial charge in [0.05, 0.1) is 6.26 Å². The minimum absolute atomic E-state index is 0.0265. The van der Waals surface area contributed by atoms with Crippen LogP contribution in [0.4, 0.5) is 0 Å². The third kappa shape index (κ3) is 3.74. The van der Waals surface area contributed by atoms with E-state index in [1.54, 1.807) is 12.5 Å². The molecule has 2 aromatic heterocycles. The quantitative estimate of drug-likeness (QED) is 0.858. The molecule has 0 aliphatic carbocycles. The van der Waals surface area contributed by atoms with Crippen molar-refractivity contribution in [1.82, 2.24) is 14.9 Å². The number of aliphatic hydroxyl groups is 1. The molecule has 0 fully saturated rings. The van der Waals surface area contributed by atoms with Gasteiger partial charge in [-0.1, -0.05) is 20.8 Å². The van der Waals surface area contributed by atoms with Gasteiger partial charge in [-0.15, -0.1) is 0 Å². The van der Waals surface area contributed by atoms with Crippen LogP contribution in [0.5, 0.6) is 0 Å². The van der Waals surface area contributed by atoms with E-state index in [0.717, 1.165) is 11.6 Å². The maximum Gasteiger partial charge on any atom is 0.133 e. The third-order valence-electron chi connectivity index (χ3n) is 3.78. The Morgan fingerprint density at radius 1 is 1.43 bits per heavy atom. The second-order valence-corrected chi connectivity index (χ2v) is 6.44. The van der Waals surface area contributed by atoms with Crippen LogP contribution in [0.1, 0.15) is 44.8 Å². The number of hydrogen-bond donors (Lipinski definition) is 2. The summed E-state index contributed by atoms with van der Waals surface area (Å²) in [5.74, 6) is 1.73. The SMILES string of the molecule is Cn1ccnc1C(NC(CCO)C(C)(C)C)c1ccco1. The molecule has 0 aliphatic heterocycles. The topological polar surface area (TPSA) is 63.2 Å². The van der Waals surface area contributed by atoms with Gasteiger partial charge in [-0.2, -0.15) is 0 Å². The summed E-state index contributed by atoms with van der Waals surface area (Å²) in [6.07, 6.45) is 6.06. The molecule has 5 nitrogen and oxygen atoms in total. The molecule has 2 unspecified atom stereocenters. The van der Waals surface area contributed by atoms with Crippen LogP contribution in [0.25, 0.3) is 0 Å². The first-order valence-electron chi connectivity index (χ1n) is 7.31. The summed E-state index contributed by atoms with van der Waals surface area (Å²) in [7, 11) is 1.97. The molecular formula is C16H25N3O2. The lowest BCUT2D eigenvalue weighted by Gasteiger charge is -2.34. The number of nitrogens with zero attached hydrogens (tertiary/aromatic N) is 2. The van der Waals surface area contributed by atoms with Crippen LogP contribution in [-0.4, -0.2) is 27.3 Å². The van der Waals surface area contributed by atoms with E-state index >= 15 is 0 Å². The molecule has 0 radical (unpaired) electrons. The molecule has 2 atom stereocenters. The molecule has 2 rings (SSSR count). The number of rotatable bonds is 6. The highest BCUT2D eigenvalue weighted by atomic mass is 16.3. The maximum atomic E-state index is 9.34. The van der Waals surface area contributed by atoms with Gasteiger partial charge in [0.15, 0.2) is 0 Å². The summed E-state index contributed by atoms with van der Waals surface area (Å²) in [5.41, 5.74) is 0.0265. The van der Waals surface area contributed by atoms with E-state index < -0.39 is 0 Å². The number of aryl methyl sites for hydroxylation is 1. The first kappa shape index (κ1) is 15.8. The highest BCUT2D eigenvalue weighted by Gasteiger charge is 2.30. The Morgan fingerprint density at radius 2 is 2.19 bits per heavy atom. The lowest BCUT2D eigenvalue weighted by molar-refractivity contribution is 0.184. The maximum absolute atomic E-state index is 9.34. The lowest BCUT2D eigenvalue weighted by atomic mass is 9.84. The van der Waals surface area contributed by atoms with Gasteiger partial charge in [0.25, 0.3) is 0 Å². The van der Waals surface area contributed by atoms with Gasteiger partial charge in [-0.05, 0) is 24.0 Å². The predicted molar refractivity (Wildman–Crippen MR) is 81.8 cm³/mol. The number of aromatic nitrogens is 2. The highest BCUT2D eigenvalue weighted by molar-refractivity contribution is 5.16.